The Morgan fingerprint density at radius 2 is 2.06 bits per heavy atom. The van der Waals surface area contributed by atoms with Gasteiger partial charge in [0.2, 0.25) is 0 Å². The third-order valence-electron chi connectivity index (χ3n) is 3.57. The number of nitrogens with zero attached hydrogens (tertiary/aromatic N) is 1. The molecule has 2 unspecified atom stereocenters. The number of hydrogen-bond acceptors (Lipinski definition) is 4. The van der Waals surface area contributed by atoms with Gasteiger partial charge in [-0.1, -0.05) is 0 Å². The molecule has 0 saturated carbocycles. The molecule has 0 aromatic heterocycles. The van der Waals surface area contributed by atoms with Gasteiger partial charge in [0, 0.05) is 38.8 Å². The van der Waals surface area contributed by atoms with Crippen LogP contribution in [0.5, 0.6) is 0 Å². The summed E-state index contributed by atoms with van der Waals surface area (Å²) in [6.45, 7) is 10.3. The fourth-order valence-corrected chi connectivity index (χ4v) is 2.39. The number of ether oxygens (including phenoxy) is 2. The summed E-state index contributed by atoms with van der Waals surface area (Å²) >= 11 is 0. The second-order valence-corrected chi connectivity index (χ2v) is 4.89. The molecule has 0 aromatic rings. The molecule has 0 aliphatic carbocycles. The molecule has 2 atom stereocenters. The lowest BCUT2D eigenvalue weighted by Gasteiger charge is -2.32. The second-order valence-electron chi connectivity index (χ2n) is 4.89. The van der Waals surface area contributed by atoms with Crippen molar-refractivity contribution in [3.63, 3.8) is 0 Å². The van der Waals surface area contributed by atoms with Gasteiger partial charge in [0.1, 0.15) is 0 Å². The van der Waals surface area contributed by atoms with Gasteiger partial charge in [0.25, 0.3) is 0 Å². The standard InChI is InChI=1S/C12H24N2O2/c1-11(14-3-6-15-7-4-14)8-13-9-12-2-5-16-10-12/h11-13H,2-10H2,1H3. The fraction of sp³-hybridized carbons (Fsp3) is 1.00. The Morgan fingerprint density at radius 3 is 2.75 bits per heavy atom. The van der Waals surface area contributed by atoms with Gasteiger partial charge in [-0.3, -0.25) is 4.90 Å². The van der Waals surface area contributed by atoms with Gasteiger partial charge in [-0.15, -0.1) is 0 Å². The molecule has 2 rings (SSSR count). The third kappa shape index (κ3) is 3.70. The predicted octanol–water partition coefficient (Wildman–Crippen LogP) is 0.333. The minimum absolute atomic E-state index is 0.617. The largest absolute Gasteiger partial charge is 0.381 e. The van der Waals surface area contributed by atoms with Crippen LogP contribution in [0.3, 0.4) is 0 Å². The monoisotopic (exact) mass is 228 g/mol. The molecule has 2 aliphatic heterocycles. The van der Waals surface area contributed by atoms with Crippen LogP contribution in [0.25, 0.3) is 0 Å². The van der Waals surface area contributed by atoms with E-state index in [4.69, 9.17) is 9.47 Å². The van der Waals surface area contributed by atoms with E-state index in [9.17, 15) is 0 Å². The van der Waals surface area contributed by atoms with E-state index in [-0.39, 0.29) is 0 Å². The van der Waals surface area contributed by atoms with Crippen LogP contribution in [-0.4, -0.2) is 63.5 Å². The van der Waals surface area contributed by atoms with E-state index in [2.05, 4.69) is 17.1 Å². The zero-order valence-corrected chi connectivity index (χ0v) is 10.3. The number of morpholine rings is 1. The Labute approximate surface area is 98.3 Å². The summed E-state index contributed by atoms with van der Waals surface area (Å²) in [4.78, 5) is 2.50. The van der Waals surface area contributed by atoms with Gasteiger partial charge in [-0.2, -0.15) is 0 Å². The van der Waals surface area contributed by atoms with Crippen LogP contribution in [0.2, 0.25) is 0 Å². The van der Waals surface area contributed by atoms with Crippen molar-refractivity contribution in [1.29, 1.82) is 0 Å². The highest BCUT2D eigenvalue weighted by atomic mass is 16.5. The molecule has 2 fully saturated rings. The summed E-state index contributed by atoms with van der Waals surface area (Å²) in [6, 6.07) is 0.617. The molecule has 0 spiro atoms. The van der Waals surface area contributed by atoms with Crippen LogP contribution in [0, 0.1) is 5.92 Å². The van der Waals surface area contributed by atoms with Gasteiger partial charge in [0.05, 0.1) is 19.8 Å². The Kier molecular flexibility index (Phi) is 5.03. The quantitative estimate of drug-likeness (QED) is 0.735. The van der Waals surface area contributed by atoms with E-state index in [1.807, 2.05) is 0 Å². The molecule has 0 bridgehead atoms. The van der Waals surface area contributed by atoms with Gasteiger partial charge >= 0.3 is 0 Å². The molecule has 0 amide bonds. The molecule has 16 heavy (non-hydrogen) atoms. The molecule has 2 heterocycles. The average molecular weight is 228 g/mol. The Hall–Kier alpha value is -0.160. The fourth-order valence-electron chi connectivity index (χ4n) is 2.39. The smallest absolute Gasteiger partial charge is 0.0594 e. The molecule has 2 aliphatic rings. The summed E-state index contributed by atoms with van der Waals surface area (Å²) in [7, 11) is 0. The molecule has 2 saturated heterocycles. The highest BCUT2D eigenvalue weighted by Crippen LogP contribution is 2.10. The molecule has 4 heteroatoms. The van der Waals surface area contributed by atoms with Crippen LogP contribution in [0.4, 0.5) is 0 Å². The molecule has 4 nitrogen and oxygen atoms in total. The van der Waals surface area contributed by atoms with Crippen molar-refractivity contribution in [1.82, 2.24) is 10.2 Å². The first kappa shape index (κ1) is 12.3. The highest BCUT2D eigenvalue weighted by Gasteiger charge is 2.18. The topological polar surface area (TPSA) is 33.7 Å². The van der Waals surface area contributed by atoms with Gasteiger partial charge in [-0.05, 0) is 19.3 Å². The van der Waals surface area contributed by atoms with Crippen molar-refractivity contribution in [3.8, 4) is 0 Å². The van der Waals surface area contributed by atoms with Crippen molar-refractivity contribution in [2.75, 3.05) is 52.6 Å². The Morgan fingerprint density at radius 1 is 1.25 bits per heavy atom. The van der Waals surface area contributed by atoms with Crippen molar-refractivity contribution in [3.05, 3.63) is 0 Å². The average Bonchev–Trinajstić information content (AvgIpc) is 2.83. The minimum Gasteiger partial charge on any atom is -0.381 e. The van der Waals surface area contributed by atoms with E-state index < -0.39 is 0 Å². The predicted molar refractivity (Wildman–Crippen MR) is 63.6 cm³/mol. The van der Waals surface area contributed by atoms with Crippen LogP contribution >= 0.6 is 0 Å². The molecular weight excluding hydrogens is 204 g/mol. The second kappa shape index (κ2) is 6.55. The van der Waals surface area contributed by atoms with Crippen LogP contribution < -0.4 is 5.32 Å². The molecule has 1 N–H and O–H groups in total. The SMILES string of the molecule is CC(CNCC1CCOC1)N1CCOCC1. The van der Waals surface area contributed by atoms with Crippen LogP contribution in [-0.2, 0) is 9.47 Å². The molecular formula is C12H24N2O2. The first-order valence-electron chi connectivity index (χ1n) is 6.46. The summed E-state index contributed by atoms with van der Waals surface area (Å²) in [5.41, 5.74) is 0. The number of hydrogen-bond donors (Lipinski definition) is 1. The third-order valence-corrected chi connectivity index (χ3v) is 3.57. The Balaban J connectivity index is 1.57. The van der Waals surface area contributed by atoms with E-state index in [0.717, 1.165) is 58.5 Å². The zero-order valence-electron chi connectivity index (χ0n) is 10.3. The maximum absolute atomic E-state index is 5.36. The van der Waals surface area contributed by atoms with Crippen molar-refractivity contribution in [2.45, 2.75) is 19.4 Å². The normalized spacial score (nSPS) is 29.4. The lowest BCUT2D eigenvalue weighted by Crippen LogP contribution is -2.46. The van der Waals surface area contributed by atoms with Crippen molar-refractivity contribution < 1.29 is 9.47 Å². The van der Waals surface area contributed by atoms with Crippen molar-refractivity contribution >= 4 is 0 Å². The maximum Gasteiger partial charge on any atom is 0.0594 e. The van der Waals surface area contributed by atoms with Gasteiger partial charge in [0.15, 0.2) is 0 Å². The van der Waals surface area contributed by atoms with E-state index in [1.165, 1.54) is 6.42 Å². The zero-order chi connectivity index (χ0) is 11.2. The van der Waals surface area contributed by atoms with Gasteiger partial charge < -0.3 is 14.8 Å². The minimum atomic E-state index is 0.617. The summed E-state index contributed by atoms with van der Waals surface area (Å²) in [5.74, 6) is 0.733. The van der Waals surface area contributed by atoms with E-state index in [0.29, 0.717) is 6.04 Å². The van der Waals surface area contributed by atoms with Crippen LogP contribution in [0.1, 0.15) is 13.3 Å². The Bertz CT molecular complexity index is 189. The number of nitrogens with one attached hydrogen (secondary N) is 1. The summed E-state index contributed by atoms with van der Waals surface area (Å²) in [6.07, 6.45) is 1.22. The van der Waals surface area contributed by atoms with Crippen molar-refractivity contribution in [2.24, 2.45) is 5.92 Å². The summed E-state index contributed by atoms with van der Waals surface area (Å²) < 4.78 is 10.7. The lowest BCUT2D eigenvalue weighted by atomic mass is 10.1. The number of rotatable bonds is 5. The molecule has 0 radical (unpaired) electrons. The van der Waals surface area contributed by atoms with Crippen LogP contribution in [0.15, 0.2) is 0 Å². The first-order chi connectivity index (χ1) is 7.86. The maximum atomic E-state index is 5.36. The van der Waals surface area contributed by atoms with E-state index >= 15 is 0 Å². The lowest BCUT2D eigenvalue weighted by molar-refractivity contribution is 0.0202. The summed E-state index contributed by atoms with van der Waals surface area (Å²) in [5, 5.41) is 3.56. The molecule has 94 valence electrons. The molecule has 0 aromatic carbocycles. The first-order valence-corrected chi connectivity index (χ1v) is 6.46. The highest BCUT2D eigenvalue weighted by molar-refractivity contribution is 4.74. The van der Waals surface area contributed by atoms with E-state index in [1.54, 1.807) is 0 Å². The van der Waals surface area contributed by atoms with Gasteiger partial charge in [-0.25, -0.2) is 0 Å².